The van der Waals surface area contributed by atoms with Crippen LogP contribution in [0.15, 0.2) is 40.9 Å². The predicted molar refractivity (Wildman–Crippen MR) is 81.1 cm³/mol. The van der Waals surface area contributed by atoms with Gasteiger partial charge in [-0.2, -0.15) is 0 Å². The summed E-state index contributed by atoms with van der Waals surface area (Å²) < 4.78 is 6.90. The lowest BCUT2D eigenvalue weighted by atomic mass is 10.1. The van der Waals surface area contributed by atoms with Crippen LogP contribution in [0.3, 0.4) is 0 Å². The quantitative estimate of drug-likeness (QED) is 0.660. The van der Waals surface area contributed by atoms with E-state index in [0.29, 0.717) is 5.56 Å². The maximum Gasteiger partial charge on any atom is 0.128 e. The zero-order chi connectivity index (χ0) is 14.0. The van der Waals surface area contributed by atoms with Crippen molar-refractivity contribution in [3.63, 3.8) is 0 Å². The number of halogens is 1. The van der Waals surface area contributed by atoms with Gasteiger partial charge in [0.2, 0.25) is 0 Å². The van der Waals surface area contributed by atoms with Crippen LogP contribution in [0.4, 0.5) is 0 Å². The maximum atomic E-state index is 7.34. The minimum Gasteiger partial charge on any atom is -0.457 e. The van der Waals surface area contributed by atoms with Crippen LogP contribution >= 0.6 is 15.9 Å². The van der Waals surface area contributed by atoms with Crippen LogP contribution < -0.4 is 10.5 Å². The zero-order valence-electron chi connectivity index (χ0n) is 10.8. The highest BCUT2D eigenvalue weighted by atomic mass is 79.9. The van der Waals surface area contributed by atoms with Gasteiger partial charge in [-0.05, 0) is 61.4 Å². The van der Waals surface area contributed by atoms with E-state index >= 15 is 0 Å². The normalized spacial score (nSPS) is 10.3. The van der Waals surface area contributed by atoms with E-state index in [2.05, 4.69) is 15.9 Å². The number of benzene rings is 2. The molecule has 0 saturated heterocycles. The van der Waals surface area contributed by atoms with Gasteiger partial charge in [0.1, 0.15) is 17.3 Å². The molecule has 0 bridgehead atoms. The average molecular weight is 319 g/mol. The molecule has 3 N–H and O–H groups in total. The second-order valence-corrected chi connectivity index (χ2v) is 5.20. The van der Waals surface area contributed by atoms with E-state index in [1.54, 1.807) is 12.1 Å². The number of rotatable bonds is 3. The largest absolute Gasteiger partial charge is 0.457 e. The lowest BCUT2D eigenvalue weighted by molar-refractivity contribution is 0.481. The van der Waals surface area contributed by atoms with E-state index in [-0.39, 0.29) is 5.84 Å². The van der Waals surface area contributed by atoms with Gasteiger partial charge in [-0.25, -0.2) is 0 Å². The third kappa shape index (κ3) is 3.15. The topological polar surface area (TPSA) is 59.1 Å². The number of nitrogens with one attached hydrogen (secondary N) is 1. The molecule has 0 fully saturated rings. The summed E-state index contributed by atoms with van der Waals surface area (Å²) in [6.07, 6.45) is 0. The molecule has 0 aliphatic carbocycles. The van der Waals surface area contributed by atoms with Gasteiger partial charge in [0.25, 0.3) is 0 Å². The molecule has 2 aromatic rings. The standard InChI is InChI=1S/C15H15BrN2O/c1-9-7-13(8-10(2)14(9)16)19-12-5-3-11(4-6-12)15(17)18/h3-8H,1-2H3,(H3,17,18). The van der Waals surface area contributed by atoms with Gasteiger partial charge in [0, 0.05) is 10.0 Å². The molecule has 0 spiro atoms. The van der Waals surface area contributed by atoms with Crippen molar-refractivity contribution in [2.45, 2.75) is 13.8 Å². The highest BCUT2D eigenvalue weighted by Crippen LogP contribution is 2.29. The second kappa shape index (κ2) is 5.45. The van der Waals surface area contributed by atoms with Gasteiger partial charge in [-0.3, -0.25) is 5.41 Å². The molecule has 0 aliphatic heterocycles. The molecule has 0 amide bonds. The molecule has 4 heteroatoms. The molecular formula is C15H15BrN2O. The fourth-order valence-corrected chi connectivity index (χ4v) is 2.03. The summed E-state index contributed by atoms with van der Waals surface area (Å²) in [6.45, 7) is 4.06. The highest BCUT2D eigenvalue weighted by Gasteiger charge is 2.04. The van der Waals surface area contributed by atoms with Crippen molar-refractivity contribution in [1.82, 2.24) is 0 Å². The first-order valence-electron chi connectivity index (χ1n) is 5.86. The van der Waals surface area contributed by atoms with Crippen LogP contribution in [-0.2, 0) is 0 Å². The minimum absolute atomic E-state index is 0.0573. The van der Waals surface area contributed by atoms with Gasteiger partial charge < -0.3 is 10.5 Å². The molecule has 0 heterocycles. The Hall–Kier alpha value is -1.81. The summed E-state index contributed by atoms with van der Waals surface area (Å²) in [5, 5.41) is 7.34. The van der Waals surface area contributed by atoms with Crippen molar-refractivity contribution in [3.05, 3.63) is 57.6 Å². The van der Waals surface area contributed by atoms with Crippen molar-refractivity contribution < 1.29 is 4.74 Å². The Labute approximate surface area is 121 Å². The van der Waals surface area contributed by atoms with Crippen molar-refractivity contribution in [2.24, 2.45) is 5.73 Å². The van der Waals surface area contributed by atoms with Crippen molar-refractivity contribution in [3.8, 4) is 11.5 Å². The average Bonchev–Trinajstić information content (AvgIpc) is 2.36. The molecule has 0 aliphatic rings. The highest BCUT2D eigenvalue weighted by molar-refractivity contribution is 9.10. The van der Waals surface area contributed by atoms with Crippen molar-refractivity contribution >= 4 is 21.8 Å². The summed E-state index contributed by atoms with van der Waals surface area (Å²) in [5.41, 5.74) is 8.37. The summed E-state index contributed by atoms with van der Waals surface area (Å²) in [6, 6.07) is 11.1. The van der Waals surface area contributed by atoms with E-state index in [9.17, 15) is 0 Å². The summed E-state index contributed by atoms with van der Waals surface area (Å²) in [4.78, 5) is 0. The smallest absolute Gasteiger partial charge is 0.128 e. The number of nitrogens with two attached hydrogens (primary N) is 1. The lowest BCUT2D eigenvalue weighted by Gasteiger charge is -2.10. The van der Waals surface area contributed by atoms with Crippen LogP contribution in [0, 0.1) is 19.3 Å². The van der Waals surface area contributed by atoms with Crippen LogP contribution in [0.25, 0.3) is 0 Å². The van der Waals surface area contributed by atoms with Crippen LogP contribution in [0.1, 0.15) is 16.7 Å². The van der Waals surface area contributed by atoms with E-state index in [0.717, 1.165) is 27.1 Å². The zero-order valence-corrected chi connectivity index (χ0v) is 12.4. The van der Waals surface area contributed by atoms with Gasteiger partial charge in [0.05, 0.1) is 0 Å². The minimum atomic E-state index is 0.0573. The number of hydrogen-bond donors (Lipinski definition) is 2. The Bertz CT molecular complexity index is 598. The van der Waals surface area contributed by atoms with Crippen LogP contribution in [0.2, 0.25) is 0 Å². The molecule has 0 unspecified atom stereocenters. The van der Waals surface area contributed by atoms with Gasteiger partial charge >= 0.3 is 0 Å². The van der Waals surface area contributed by atoms with E-state index < -0.39 is 0 Å². The van der Waals surface area contributed by atoms with Crippen LogP contribution in [0.5, 0.6) is 11.5 Å². The summed E-state index contributed by atoms with van der Waals surface area (Å²) in [5.74, 6) is 1.58. The van der Waals surface area contributed by atoms with E-state index in [4.69, 9.17) is 15.9 Å². The second-order valence-electron chi connectivity index (χ2n) is 4.41. The van der Waals surface area contributed by atoms with E-state index in [1.807, 2.05) is 38.1 Å². The molecule has 2 rings (SSSR count). The Kier molecular flexibility index (Phi) is 3.90. The first kappa shape index (κ1) is 13.6. The fourth-order valence-electron chi connectivity index (χ4n) is 1.80. The fraction of sp³-hybridized carbons (Fsp3) is 0.133. The molecule has 98 valence electrons. The monoisotopic (exact) mass is 318 g/mol. The van der Waals surface area contributed by atoms with Gasteiger partial charge in [-0.1, -0.05) is 15.9 Å². The number of hydrogen-bond acceptors (Lipinski definition) is 2. The van der Waals surface area contributed by atoms with E-state index in [1.165, 1.54) is 0 Å². The lowest BCUT2D eigenvalue weighted by Crippen LogP contribution is -2.10. The molecule has 0 saturated carbocycles. The number of aryl methyl sites for hydroxylation is 2. The molecule has 0 radical (unpaired) electrons. The Morgan fingerprint density at radius 2 is 1.58 bits per heavy atom. The number of amidine groups is 1. The number of nitrogen functional groups attached to an aromatic ring is 1. The maximum absolute atomic E-state index is 7.34. The Morgan fingerprint density at radius 1 is 1.05 bits per heavy atom. The van der Waals surface area contributed by atoms with Crippen molar-refractivity contribution in [2.75, 3.05) is 0 Å². The van der Waals surface area contributed by atoms with Gasteiger partial charge in [0.15, 0.2) is 0 Å². The summed E-state index contributed by atoms with van der Waals surface area (Å²) in [7, 11) is 0. The van der Waals surface area contributed by atoms with Crippen molar-refractivity contribution in [1.29, 1.82) is 5.41 Å². The third-order valence-electron chi connectivity index (χ3n) is 2.81. The summed E-state index contributed by atoms with van der Waals surface area (Å²) >= 11 is 3.53. The first-order valence-corrected chi connectivity index (χ1v) is 6.65. The molecule has 0 atom stereocenters. The van der Waals surface area contributed by atoms with Crippen LogP contribution in [-0.4, -0.2) is 5.84 Å². The Balaban J connectivity index is 2.24. The molecule has 2 aromatic carbocycles. The molecule has 19 heavy (non-hydrogen) atoms. The predicted octanol–water partition coefficient (Wildman–Crippen LogP) is 4.14. The number of ether oxygens (including phenoxy) is 1. The molecule has 0 aromatic heterocycles. The Morgan fingerprint density at radius 3 is 2.05 bits per heavy atom. The molecular weight excluding hydrogens is 304 g/mol. The SMILES string of the molecule is Cc1cc(Oc2ccc(C(=N)N)cc2)cc(C)c1Br. The first-order chi connectivity index (χ1) is 8.97. The molecule has 3 nitrogen and oxygen atoms in total. The third-order valence-corrected chi connectivity index (χ3v) is 4.06. The van der Waals surface area contributed by atoms with Gasteiger partial charge in [-0.15, -0.1) is 0 Å².